The van der Waals surface area contributed by atoms with Gasteiger partial charge in [0, 0.05) is 132 Å². The molecule has 0 unspecified atom stereocenters. The number of piperidine rings is 3. The van der Waals surface area contributed by atoms with Crippen LogP contribution in [-0.4, -0.2) is 279 Å². The molecule has 9 heterocycles. The monoisotopic (exact) mass is 1410 g/mol. The highest BCUT2D eigenvalue weighted by Crippen LogP contribution is 2.27. The largest absolute Gasteiger partial charge is 0.442 e. The van der Waals surface area contributed by atoms with Gasteiger partial charge in [0.1, 0.15) is 0 Å². The molecule has 0 aliphatic carbocycles. The van der Waals surface area contributed by atoms with Crippen molar-refractivity contribution in [3.05, 3.63) is 88.4 Å². The number of esters is 2. The van der Waals surface area contributed by atoms with E-state index in [0.29, 0.717) is 50.2 Å². The number of aromatic amines is 1. The van der Waals surface area contributed by atoms with Crippen LogP contribution < -0.4 is 17.2 Å². The molecule has 3 amide bonds. The summed E-state index contributed by atoms with van der Waals surface area (Å²) in [6, 6.07) is 12.7. The predicted molar refractivity (Wildman–Crippen MR) is 401 cm³/mol. The second-order valence-corrected chi connectivity index (χ2v) is 30.1. The lowest BCUT2D eigenvalue weighted by Crippen LogP contribution is -2.56. The molecule has 25 heteroatoms. The molecule has 25 nitrogen and oxygen atoms in total. The standard InChI is InChI=1S/2C28H44N6O3.C21H32N6O/c1-4-5-6-7-26(35)37-20-34-19-23-17-22(16-21(2)27(23)30-34)18-25(29)28(36)33-14-12-32(13-15-33)24-8-10-31(3)11-9-24;1-4-5-6-7-26(35)37-20-34-27-21(2)16-22(17-23(27)19-30-34)18-25(29)28(36)33-14-12-32(13-15-33)24-8-10-31(3)11-9-24;1-15-11-16(12-17-14-23-24-20(15)17)13-19(22)21(28)27-9-7-26(8-10-27)18-3-5-25(2)6-4-18/h2*16-17,19,24-25H,4-15,18,20,29H2,1-3H3;11-12,14,18-19H,3-10,13,22H2,1-2H3,(H,23,24)/t2*25-;19-/m111/s1. The van der Waals surface area contributed by atoms with E-state index in [1.54, 1.807) is 15.6 Å². The minimum atomic E-state index is -0.564. The summed E-state index contributed by atoms with van der Waals surface area (Å²) in [6.45, 7) is 27.7. The minimum absolute atomic E-state index is 0.0338. The zero-order valence-electron chi connectivity index (χ0n) is 62.7. The number of likely N-dealkylation sites (tertiary alicyclic amines) is 3. The van der Waals surface area contributed by atoms with Crippen LogP contribution in [0.1, 0.15) is 137 Å². The van der Waals surface area contributed by atoms with Crippen LogP contribution >= 0.6 is 0 Å². The maximum Gasteiger partial charge on any atom is 0.307 e. The highest BCUT2D eigenvalue weighted by atomic mass is 16.5. The Bertz CT molecular complexity index is 3600. The van der Waals surface area contributed by atoms with E-state index in [0.717, 1.165) is 209 Å². The Kier molecular flexibility index (Phi) is 28.7. The fourth-order valence-electron chi connectivity index (χ4n) is 16.0. The number of H-pyrrole nitrogens is 1. The topological polar surface area (TPSA) is 275 Å². The van der Waals surface area contributed by atoms with Crippen molar-refractivity contribution in [1.82, 2.24) is 73.9 Å². The number of nitrogens with one attached hydrogen (secondary N) is 1. The highest BCUT2D eigenvalue weighted by Gasteiger charge is 2.34. The molecule has 6 aliphatic rings. The quantitative estimate of drug-likeness (QED) is 0.0397. The van der Waals surface area contributed by atoms with E-state index < -0.39 is 18.1 Å². The van der Waals surface area contributed by atoms with Crippen molar-refractivity contribution in [2.45, 2.75) is 193 Å². The van der Waals surface area contributed by atoms with E-state index in [9.17, 15) is 24.0 Å². The number of benzene rings is 3. The SMILES string of the molecule is CCCCCC(=O)OCn1cc2cc(C[C@@H](N)C(=O)N3CCN(C4CCN(C)CC4)CC3)cc(C)c2n1.CCCCCC(=O)OCn1ncc2cc(C[C@@H](N)C(=O)N3CCN(C4CCN(C)CC4)CC3)cc(C)c21.Cc1cc(C[C@@H](N)C(=O)N2CCN(C3CCN(C)CC3)CC2)cc2cn[nH]c12. The van der Waals surface area contributed by atoms with Gasteiger partial charge in [-0.25, -0.2) is 9.36 Å². The van der Waals surface area contributed by atoms with Crippen LogP contribution in [0.5, 0.6) is 0 Å². The number of unbranched alkanes of at least 4 members (excludes halogenated alkanes) is 4. The number of aryl methyl sites for hydroxylation is 3. The number of nitrogens with zero attached hydrogens (tertiary/aromatic N) is 14. The van der Waals surface area contributed by atoms with Crippen LogP contribution in [0, 0.1) is 20.8 Å². The van der Waals surface area contributed by atoms with Crippen LogP contribution in [0.4, 0.5) is 0 Å². The van der Waals surface area contributed by atoms with Crippen molar-refractivity contribution in [3.8, 4) is 0 Å². The van der Waals surface area contributed by atoms with E-state index in [1.807, 2.05) is 53.1 Å². The fourth-order valence-corrected chi connectivity index (χ4v) is 16.0. The number of aromatic nitrogens is 6. The van der Waals surface area contributed by atoms with Gasteiger partial charge in [-0.1, -0.05) is 57.7 Å². The number of nitrogens with two attached hydrogens (primary N) is 3. The highest BCUT2D eigenvalue weighted by molar-refractivity contribution is 5.87. The maximum atomic E-state index is 13.1. The third kappa shape index (κ3) is 21.4. The van der Waals surface area contributed by atoms with E-state index >= 15 is 0 Å². The lowest BCUT2D eigenvalue weighted by Gasteiger charge is -2.42. The fraction of sp³-hybridized carbons (Fsp3) is 0.662. The van der Waals surface area contributed by atoms with Crippen LogP contribution in [-0.2, 0) is 66.2 Å². The van der Waals surface area contributed by atoms with Gasteiger partial charge < -0.3 is 56.1 Å². The Labute approximate surface area is 605 Å². The molecule has 0 bridgehead atoms. The maximum absolute atomic E-state index is 13.1. The van der Waals surface area contributed by atoms with Gasteiger partial charge >= 0.3 is 11.9 Å². The number of hydrogen-bond acceptors (Lipinski definition) is 19. The third-order valence-electron chi connectivity index (χ3n) is 22.2. The summed E-state index contributed by atoms with van der Waals surface area (Å²) in [5.74, 6) is -0.240. The number of piperazine rings is 3. The molecule has 6 saturated heterocycles. The van der Waals surface area contributed by atoms with Gasteiger partial charge in [0.15, 0.2) is 13.5 Å². The molecule has 0 saturated carbocycles. The second kappa shape index (κ2) is 37.7. The van der Waals surface area contributed by atoms with Gasteiger partial charge in [0.05, 0.1) is 47.1 Å². The summed E-state index contributed by atoms with van der Waals surface area (Å²) < 4.78 is 14.2. The minimum Gasteiger partial charge on any atom is -0.442 e. The number of hydrogen-bond donors (Lipinski definition) is 4. The number of carbonyl (C=O) groups is 5. The second-order valence-electron chi connectivity index (χ2n) is 30.1. The number of fused-ring (bicyclic) bond motifs is 3. The average Bonchev–Trinajstić information content (AvgIpc) is 1.70. The summed E-state index contributed by atoms with van der Waals surface area (Å²) in [7, 11) is 6.57. The van der Waals surface area contributed by atoms with Gasteiger partial charge in [0.2, 0.25) is 17.7 Å². The molecular weight excluding hydrogens is 1290 g/mol. The number of amides is 3. The van der Waals surface area contributed by atoms with Crippen LogP contribution in [0.15, 0.2) is 55.0 Å². The number of rotatable bonds is 24. The molecule has 102 heavy (non-hydrogen) atoms. The molecule has 3 atom stereocenters. The first kappa shape index (κ1) is 77.7. The van der Waals surface area contributed by atoms with E-state index in [-0.39, 0.29) is 43.1 Å². The Hall–Kier alpha value is -6.94. The summed E-state index contributed by atoms with van der Waals surface area (Å²) >= 11 is 0. The first-order valence-electron chi connectivity index (χ1n) is 38.3. The molecule has 7 N–H and O–H groups in total. The van der Waals surface area contributed by atoms with Gasteiger partial charge in [-0.15, -0.1) is 0 Å². The van der Waals surface area contributed by atoms with E-state index in [2.05, 4.69) is 116 Å². The first-order chi connectivity index (χ1) is 49.2. The molecule has 0 radical (unpaired) electrons. The Balaban J connectivity index is 0.000000166. The Morgan fingerprint density at radius 1 is 0.480 bits per heavy atom. The lowest BCUT2D eigenvalue weighted by atomic mass is 10.0. The van der Waals surface area contributed by atoms with Gasteiger partial charge in [-0.2, -0.15) is 15.3 Å². The van der Waals surface area contributed by atoms with Crippen molar-refractivity contribution in [2.75, 3.05) is 139 Å². The molecule has 3 aromatic carbocycles. The van der Waals surface area contributed by atoms with Crippen molar-refractivity contribution in [2.24, 2.45) is 17.2 Å². The van der Waals surface area contributed by atoms with Gasteiger partial charge in [0.25, 0.3) is 0 Å². The van der Waals surface area contributed by atoms with Crippen molar-refractivity contribution in [3.63, 3.8) is 0 Å². The smallest absolute Gasteiger partial charge is 0.307 e. The zero-order valence-corrected chi connectivity index (χ0v) is 62.7. The number of ether oxygens (including phenoxy) is 2. The summed E-state index contributed by atoms with van der Waals surface area (Å²) in [6.07, 6.45) is 21.1. The normalized spacial score (nSPS) is 19.5. The third-order valence-corrected chi connectivity index (χ3v) is 22.2. The molecule has 6 aliphatic heterocycles. The van der Waals surface area contributed by atoms with Crippen LogP contribution in [0.3, 0.4) is 0 Å². The summed E-state index contributed by atoms with van der Waals surface area (Å²) in [5, 5.41) is 19.1. The van der Waals surface area contributed by atoms with E-state index in [1.165, 1.54) is 51.6 Å². The zero-order chi connectivity index (χ0) is 72.4. The summed E-state index contributed by atoms with van der Waals surface area (Å²) in [4.78, 5) is 83.8. The molecule has 0 spiro atoms. The molecule has 6 aromatic rings. The Morgan fingerprint density at radius 2 is 0.873 bits per heavy atom. The van der Waals surface area contributed by atoms with Gasteiger partial charge in [-0.05, 0) is 203 Å². The van der Waals surface area contributed by atoms with Crippen LogP contribution in [0.25, 0.3) is 32.7 Å². The predicted octanol–water partition coefficient (Wildman–Crippen LogP) is 6.05. The summed E-state index contributed by atoms with van der Waals surface area (Å²) in [5.41, 5.74) is 28.3. The van der Waals surface area contributed by atoms with Gasteiger partial charge in [-0.3, -0.25) is 43.8 Å². The van der Waals surface area contributed by atoms with Crippen molar-refractivity contribution < 1.29 is 33.4 Å². The van der Waals surface area contributed by atoms with E-state index in [4.69, 9.17) is 26.7 Å². The van der Waals surface area contributed by atoms with Crippen molar-refractivity contribution >= 4 is 62.4 Å². The molecule has 560 valence electrons. The van der Waals surface area contributed by atoms with Crippen LogP contribution in [0.2, 0.25) is 0 Å². The molecule has 3 aromatic heterocycles. The number of carbonyl (C=O) groups excluding carboxylic acids is 5. The molecule has 6 fully saturated rings. The molecular formula is C77H120N18O7. The molecule has 12 rings (SSSR count). The lowest BCUT2D eigenvalue weighted by molar-refractivity contribution is -0.148. The average molecular weight is 1410 g/mol. The Morgan fingerprint density at radius 3 is 1.30 bits per heavy atom. The van der Waals surface area contributed by atoms with Crippen molar-refractivity contribution in [1.29, 1.82) is 0 Å². The first-order valence-corrected chi connectivity index (χ1v) is 38.3.